The molecule has 0 saturated heterocycles. The number of fused-ring (bicyclic) bond motifs is 9. The molecule has 0 N–H and O–H groups in total. The lowest BCUT2D eigenvalue weighted by atomic mass is 9.95. The summed E-state index contributed by atoms with van der Waals surface area (Å²) in [5, 5.41) is 11.5. The van der Waals surface area contributed by atoms with Gasteiger partial charge < -0.3 is 14.1 Å². The largest absolute Gasteiger partial charge is 0.457 e. The molecule has 258 valence electrons. The normalized spacial score (nSPS) is 11.6. The zero-order chi connectivity index (χ0) is 36.3. The van der Waals surface area contributed by atoms with E-state index >= 15 is 0 Å². The number of rotatable bonds is 6. The SMILES string of the molecule is c1ccc(Oc2ccc3cc(N(c4cc5ccccc5c5ccccc45)c4ccc(-c5ccccc5)c5oc6ccccc6c45)c4ccccc4c3c2)cc1. The molecule has 0 unspecified atom stereocenters. The quantitative estimate of drug-likeness (QED) is 0.161. The fourth-order valence-electron chi connectivity index (χ4n) is 8.38. The van der Waals surface area contributed by atoms with E-state index < -0.39 is 0 Å². The molecule has 0 aliphatic carbocycles. The van der Waals surface area contributed by atoms with Gasteiger partial charge in [0.2, 0.25) is 0 Å². The van der Waals surface area contributed by atoms with Gasteiger partial charge in [0.15, 0.2) is 0 Å². The highest BCUT2D eigenvalue weighted by atomic mass is 16.5. The van der Waals surface area contributed by atoms with Crippen LogP contribution in [-0.2, 0) is 0 Å². The molecule has 11 rings (SSSR count). The fraction of sp³-hybridized carbons (Fsp3) is 0. The van der Waals surface area contributed by atoms with Crippen molar-refractivity contribution in [2.75, 3.05) is 4.90 Å². The van der Waals surface area contributed by atoms with Crippen molar-refractivity contribution < 1.29 is 9.15 Å². The minimum Gasteiger partial charge on any atom is -0.457 e. The highest BCUT2D eigenvalue weighted by molar-refractivity contribution is 6.23. The van der Waals surface area contributed by atoms with Crippen LogP contribution in [0.5, 0.6) is 11.5 Å². The van der Waals surface area contributed by atoms with E-state index in [1.807, 2.05) is 36.4 Å². The monoisotopic (exact) mass is 703 g/mol. The van der Waals surface area contributed by atoms with Gasteiger partial charge in [-0.05, 0) is 92.5 Å². The summed E-state index contributed by atoms with van der Waals surface area (Å²) in [4.78, 5) is 2.48. The number of anilines is 3. The van der Waals surface area contributed by atoms with Crippen LogP contribution in [-0.4, -0.2) is 0 Å². The van der Waals surface area contributed by atoms with Gasteiger partial charge in [0, 0.05) is 21.7 Å². The average Bonchev–Trinajstić information content (AvgIpc) is 3.65. The first kappa shape index (κ1) is 31.2. The molecule has 11 aromatic rings. The Morgan fingerprint density at radius 2 is 0.927 bits per heavy atom. The molecular weight excluding hydrogens is 671 g/mol. The second-order valence-corrected chi connectivity index (χ2v) is 14.0. The summed E-state index contributed by atoms with van der Waals surface area (Å²) in [6.07, 6.45) is 0. The Balaban J connectivity index is 1.26. The van der Waals surface area contributed by atoms with Crippen LogP contribution < -0.4 is 9.64 Å². The summed E-state index contributed by atoms with van der Waals surface area (Å²) in [7, 11) is 0. The molecule has 1 heterocycles. The third-order valence-electron chi connectivity index (χ3n) is 10.8. The third kappa shape index (κ3) is 5.13. The predicted octanol–water partition coefficient (Wildman–Crippen LogP) is 15.1. The summed E-state index contributed by atoms with van der Waals surface area (Å²) in [5.41, 5.74) is 7.14. The molecule has 0 fully saturated rings. The molecule has 0 saturated carbocycles. The first-order valence-electron chi connectivity index (χ1n) is 18.7. The summed E-state index contributed by atoms with van der Waals surface area (Å²) in [6, 6.07) is 70.8. The molecule has 0 aliphatic heterocycles. The molecule has 0 radical (unpaired) electrons. The number of nitrogens with zero attached hydrogens (tertiary/aromatic N) is 1. The molecule has 10 aromatic carbocycles. The molecule has 0 atom stereocenters. The summed E-state index contributed by atoms with van der Waals surface area (Å²) >= 11 is 0. The van der Waals surface area contributed by atoms with Crippen LogP contribution in [0.25, 0.3) is 76.2 Å². The minimum atomic E-state index is 0.803. The van der Waals surface area contributed by atoms with Gasteiger partial charge >= 0.3 is 0 Å². The Labute approximate surface area is 317 Å². The second-order valence-electron chi connectivity index (χ2n) is 14.0. The zero-order valence-corrected chi connectivity index (χ0v) is 29.8. The molecule has 55 heavy (non-hydrogen) atoms. The Morgan fingerprint density at radius 1 is 0.364 bits per heavy atom. The molecular formula is C52H33NO2. The van der Waals surface area contributed by atoms with Crippen LogP contribution in [0.1, 0.15) is 0 Å². The van der Waals surface area contributed by atoms with Crippen LogP contribution >= 0.6 is 0 Å². The summed E-state index contributed by atoms with van der Waals surface area (Å²) < 4.78 is 13.2. The molecule has 3 nitrogen and oxygen atoms in total. The maximum Gasteiger partial charge on any atom is 0.145 e. The number of benzene rings is 10. The standard InChI is InChI=1S/C52H33NO2/c1-3-15-34(16-4-1)40-29-30-47(51-45-25-13-14-26-50(45)55-52(40)51)53(48-31-35-17-7-8-20-39(35)41-21-9-11-23-43(41)48)49-32-36-27-28-38(54-37-18-5-2-6-19-37)33-46(36)42-22-10-12-24-44(42)49/h1-33H. The van der Waals surface area contributed by atoms with Gasteiger partial charge in [0.1, 0.15) is 22.7 Å². The van der Waals surface area contributed by atoms with Crippen LogP contribution in [0.3, 0.4) is 0 Å². The van der Waals surface area contributed by atoms with Crippen molar-refractivity contribution in [3.8, 4) is 22.6 Å². The number of ether oxygens (including phenoxy) is 1. The van der Waals surface area contributed by atoms with Gasteiger partial charge in [-0.15, -0.1) is 0 Å². The average molecular weight is 704 g/mol. The van der Waals surface area contributed by atoms with E-state index in [0.717, 1.165) is 83.2 Å². The van der Waals surface area contributed by atoms with Crippen molar-refractivity contribution in [2.24, 2.45) is 0 Å². The lowest BCUT2D eigenvalue weighted by Crippen LogP contribution is -2.12. The van der Waals surface area contributed by atoms with Gasteiger partial charge in [-0.1, -0.05) is 146 Å². The first-order chi connectivity index (χ1) is 27.3. The third-order valence-corrected chi connectivity index (χ3v) is 10.8. The number of para-hydroxylation sites is 2. The van der Waals surface area contributed by atoms with Crippen LogP contribution in [0.15, 0.2) is 205 Å². The van der Waals surface area contributed by atoms with Crippen molar-refractivity contribution in [3.05, 3.63) is 200 Å². The highest BCUT2D eigenvalue weighted by Gasteiger charge is 2.25. The van der Waals surface area contributed by atoms with Gasteiger partial charge in [-0.25, -0.2) is 0 Å². The van der Waals surface area contributed by atoms with E-state index in [1.54, 1.807) is 0 Å². The molecule has 0 bridgehead atoms. The Hall–Kier alpha value is -7.36. The van der Waals surface area contributed by atoms with Crippen molar-refractivity contribution in [1.82, 2.24) is 0 Å². The van der Waals surface area contributed by atoms with E-state index in [2.05, 4.69) is 169 Å². The smallest absolute Gasteiger partial charge is 0.145 e. The summed E-state index contributed by atoms with van der Waals surface area (Å²) in [5.74, 6) is 1.62. The van der Waals surface area contributed by atoms with Gasteiger partial charge in [-0.3, -0.25) is 0 Å². The number of hydrogen-bond acceptors (Lipinski definition) is 3. The van der Waals surface area contributed by atoms with E-state index in [-0.39, 0.29) is 0 Å². The second kappa shape index (κ2) is 12.6. The number of hydrogen-bond donors (Lipinski definition) is 0. The molecule has 0 aliphatic rings. The van der Waals surface area contributed by atoms with E-state index in [9.17, 15) is 0 Å². The number of furan rings is 1. The summed E-state index contributed by atoms with van der Waals surface area (Å²) in [6.45, 7) is 0. The van der Waals surface area contributed by atoms with Crippen molar-refractivity contribution in [3.63, 3.8) is 0 Å². The highest BCUT2D eigenvalue weighted by Crippen LogP contribution is 2.51. The molecule has 3 heteroatoms. The van der Waals surface area contributed by atoms with Gasteiger partial charge in [0.05, 0.1) is 22.4 Å². The van der Waals surface area contributed by atoms with Crippen LogP contribution in [0.4, 0.5) is 17.1 Å². The predicted molar refractivity (Wildman–Crippen MR) is 230 cm³/mol. The van der Waals surface area contributed by atoms with E-state index in [1.165, 1.54) is 21.5 Å². The minimum absolute atomic E-state index is 0.803. The zero-order valence-electron chi connectivity index (χ0n) is 29.8. The Kier molecular flexibility index (Phi) is 7.17. The fourth-order valence-corrected chi connectivity index (χ4v) is 8.38. The Bertz CT molecular complexity index is 3240. The lowest BCUT2D eigenvalue weighted by Gasteiger charge is -2.30. The molecule has 1 aromatic heterocycles. The van der Waals surface area contributed by atoms with E-state index in [4.69, 9.17) is 9.15 Å². The maximum atomic E-state index is 6.84. The maximum absolute atomic E-state index is 6.84. The van der Waals surface area contributed by atoms with Gasteiger partial charge in [-0.2, -0.15) is 0 Å². The molecule has 0 spiro atoms. The van der Waals surface area contributed by atoms with Crippen molar-refractivity contribution in [2.45, 2.75) is 0 Å². The topological polar surface area (TPSA) is 25.6 Å². The Morgan fingerprint density at radius 3 is 1.65 bits per heavy atom. The first-order valence-corrected chi connectivity index (χ1v) is 18.7. The van der Waals surface area contributed by atoms with E-state index in [0.29, 0.717) is 0 Å². The van der Waals surface area contributed by atoms with Gasteiger partial charge in [0.25, 0.3) is 0 Å². The van der Waals surface area contributed by atoms with Crippen molar-refractivity contribution >= 4 is 82.1 Å². The molecule has 0 amide bonds. The lowest BCUT2D eigenvalue weighted by molar-refractivity contribution is 0.483. The van der Waals surface area contributed by atoms with Crippen LogP contribution in [0.2, 0.25) is 0 Å². The van der Waals surface area contributed by atoms with Crippen LogP contribution in [0, 0.1) is 0 Å². The van der Waals surface area contributed by atoms with Crippen molar-refractivity contribution in [1.29, 1.82) is 0 Å².